The maximum absolute atomic E-state index is 11.0. The molecule has 0 radical (unpaired) electrons. The Morgan fingerprint density at radius 1 is 1.00 bits per heavy atom. The minimum absolute atomic E-state index is 0.302. The Labute approximate surface area is 99.6 Å². The molecule has 1 N–H and O–H groups in total. The van der Waals surface area contributed by atoms with Crippen molar-refractivity contribution >= 4 is 0 Å². The van der Waals surface area contributed by atoms with E-state index in [2.05, 4.69) is 20.8 Å². The van der Waals surface area contributed by atoms with Crippen LogP contribution in [0.5, 0.6) is 0 Å². The lowest BCUT2D eigenvalue weighted by molar-refractivity contribution is -0.161. The number of fused-ring (bicyclic) bond motifs is 4. The molecular formula is C15H26O. The average molecular weight is 222 g/mol. The second-order valence-corrected chi connectivity index (χ2v) is 7.89. The van der Waals surface area contributed by atoms with Crippen molar-refractivity contribution in [1.82, 2.24) is 0 Å². The molecule has 3 aliphatic rings. The molecule has 0 unspecified atom stereocenters. The van der Waals surface area contributed by atoms with Gasteiger partial charge in [0.2, 0.25) is 0 Å². The second kappa shape index (κ2) is 3.04. The first-order valence-electron chi connectivity index (χ1n) is 7.07. The van der Waals surface area contributed by atoms with Gasteiger partial charge in [-0.15, -0.1) is 0 Å². The van der Waals surface area contributed by atoms with Crippen molar-refractivity contribution in [3.05, 3.63) is 0 Å². The average Bonchev–Trinajstić information content (AvgIpc) is 2.19. The van der Waals surface area contributed by atoms with E-state index in [1.54, 1.807) is 0 Å². The van der Waals surface area contributed by atoms with Gasteiger partial charge in [-0.2, -0.15) is 0 Å². The van der Waals surface area contributed by atoms with Crippen molar-refractivity contribution in [3.63, 3.8) is 0 Å². The van der Waals surface area contributed by atoms with E-state index >= 15 is 0 Å². The predicted molar refractivity (Wildman–Crippen MR) is 66.1 cm³/mol. The van der Waals surface area contributed by atoms with E-state index in [1.165, 1.54) is 32.1 Å². The fourth-order valence-corrected chi connectivity index (χ4v) is 5.17. The Hall–Kier alpha value is -0.0400. The molecule has 0 amide bonds. The Morgan fingerprint density at radius 3 is 2.44 bits per heavy atom. The molecule has 0 heterocycles. The molecule has 92 valence electrons. The first-order valence-corrected chi connectivity index (χ1v) is 7.07. The van der Waals surface area contributed by atoms with Crippen molar-refractivity contribution in [2.24, 2.45) is 22.7 Å². The quantitative estimate of drug-likeness (QED) is 0.662. The zero-order chi connectivity index (χ0) is 11.6. The van der Waals surface area contributed by atoms with Crippen molar-refractivity contribution in [2.75, 3.05) is 0 Å². The summed E-state index contributed by atoms with van der Waals surface area (Å²) in [4.78, 5) is 0. The van der Waals surface area contributed by atoms with Crippen molar-refractivity contribution in [1.29, 1.82) is 0 Å². The van der Waals surface area contributed by atoms with Gasteiger partial charge >= 0.3 is 0 Å². The zero-order valence-electron chi connectivity index (χ0n) is 11.1. The Balaban J connectivity index is 1.92. The fraction of sp³-hybridized carbons (Fsp3) is 1.00. The minimum Gasteiger partial charge on any atom is -0.390 e. The van der Waals surface area contributed by atoms with Crippen LogP contribution in [-0.4, -0.2) is 10.7 Å². The number of hydrogen-bond acceptors (Lipinski definition) is 1. The van der Waals surface area contributed by atoms with Gasteiger partial charge in [-0.25, -0.2) is 0 Å². The van der Waals surface area contributed by atoms with Gasteiger partial charge in [0.05, 0.1) is 5.60 Å². The van der Waals surface area contributed by atoms with Crippen LogP contribution >= 0.6 is 0 Å². The van der Waals surface area contributed by atoms with Crippen LogP contribution < -0.4 is 0 Å². The van der Waals surface area contributed by atoms with Crippen LogP contribution in [0.1, 0.15) is 65.7 Å². The Morgan fingerprint density at radius 2 is 1.75 bits per heavy atom. The molecule has 0 saturated heterocycles. The molecule has 0 spiro atoms. The molecule has 4 atom stereocenters. The van der Waals surface area contributed by atoms with E-state index in [0.29, 0.717) is 16.7 Å². The lowest BCUT2D eigenvalue weighted by Crippen LogP contribution is -2.56. The molecule has 3 rings (SSSR count). The first-order chi connectivity index (χ1) is 7.35. The highest BCUT2D eigenvalue weighted by Gasteiger charge is 2.59. The molecule has 3 fully saturated rings. The predicted octanol–water partition coefficient (Wildman–Crippen LogP) is 3.75. The highest BCUT2D eigenvalue weighted by molar-refractivity contribution is 5.10. The van der Waals surface area contributed by atoms with E-state index in [0.717, 1.165) is 18.8 Å². The maximum atomic E-state index is 11.0. The summed E-state index contributed by atoms with van der Waals surface area (Å²) in [5, 5.41) is 11.0. The minimum atomic E-state index is -0.302. The zero-order valence-corrected chi connectivity index (χ0v) is 11.1. The van der Waals surface area contributed by atoms with E-state index in [1.807, 2.05) is 0 Å². The first kappa shape index (κ1) is 11.1. The van der Waals surface area contributed by atoms with Gasteiger partial charge in [0.25, 0.3) is 0 Å². The third kappa shape index (κ3) is 1.40. The molecule has 1 nitrogen and oxygen atoms in total. The summed E-state index contributed by atoms with van der Waals surface area (Å²) in [6, 6.07) is 0. The van der Waals surface area contributed by atoms with Crippen LogP contribution in [0.15, 0.2) is 0 Å². The molecule has 3 aliphatic carbocycles. The van der Waals surface area contributed by atoms with Gasteiger partial charge in [0.15, 0.2) is 0 Å². The number of hydrogen-bond donors (Lipinski definition) is 1. The monoisotopic (exact) mass is 222 g/mol. The van der Waals surface area contributed by atoms with E-state index in [-0.39, 0.29) is 5.60 Å². The molecule has 0 aliphatic heterocycles. The summed E-state index contributed by atoms with van der Waals surface area (Å²) < 4.78 is 0. The number of aliphatic hydroxyl groups is 1. The standard InChI is InChI=1S/C15H26O/c1-13(2)9-12-11(13)5-8-14(3)6-4-7-15(12,16)10-14/h11-12,16H,4-10H2,1-3H3/t11-,12+,14-,15+/m0/s1. The highest BCUT2D eigenvalue weighted by Crippen LogP contribution is 2.64. The molecule has 2 bridgehead atoms. The lowest BCUT2D eigenvalue weighted by Gasteiger charge is -2.58. The van der Waals surface area contributed by atoms with Crippen LogP contribution in [0.4, 0.5) is 0 Å². The molecule has 0 aromatic rings. The number of rotatable bonds is 0. The maximum Gasteiger partial charge on any atom is 0.0684 e. The summed E-state index contributed by atoms with van der Waals surface area (Å²) in [5.41, 5.74) is 0.637. The third-order valence-corrected chi connectivity index (χ3v) is 6.11. The molecule has 0 aromatic heterocycles. The van der Waals surface area contributed by atoms with Crippen molar-refractivity contribution < 1.29 is 5.11 Å². The van der Waals surface area contributed by atoms with Gasteiger partial charge in [-0.05, 0) is 61.2 Å². The van der Waals surface area contributed by atoms with Crippen LogP contribution in [0.2, 0.25) is 0 Å². The smallest absolute Gasteiger partial charge is 0.0684 e. The summed E-state index contributed by atoms with van der Waals surface area (Å²) in [6.45, 7) is 7.21. The Kier molecular flexibility index (Phi) is 2.11. The molecule has 0 aromatic carbocycles. The third-order valence-electron chi connectivity index (χ3n) is 6.11. The van der Waals surface area contributed by atoms with Crippen LogP contribution in [0.25, 0.3) is 0 Å². The normalized spacial score (nSPS) is 54.8. The van der Waals surface area contributed by atoms with Crippen LogP contribution in [0.3, 0.4) is 0 Å². The van der Waals surface area contributed by atoms with Crippen LogP contribution in [-0.2, 0) is 0 Å². The summed E-state index contributed by atoms with van der Waals surface area (Å²) >= 11 is 0. The van der Waals surface area contributed by atoms with Gasteiger partial charge in [-0.1, -0.05) is 27.2 Å². The largest absolute Gasteiger partial charge is 0.390 e. The lowest BCUT2D eigenvalue weighted by atomic mass is 9.49. The van der Waals surface area contributed by atoms with Gasteiger partial charge < -0.3 is 5.11 Å². The van der Waals surface area contributed by atoms with Gasteiger partial charge in [0, 0.05) is 0 Å². The molecular weight excluding hydrogens is 196 g/mol. The van der Waals surface area contributed by atoms with Gasteiger partial charge in [-0.3, -0.25) is 0 Å². The van der Waals surface area contributed by atoms with Crippen LogP contribution in [0, 0.1) is 22.7 Å². The fourth-order valence-electron chi connectivity index (χ4n) is 5.17. The summed E-state index contributed by atoms with van der Waals surface area (Å²) in [7, 11) is 0. The van der Waals surface area contributed by atoms with E-state index < -0.39 is 0 Å². The van der Waals surface area contributed by atoms with Crippen molar-refractivity contribution in [3.8, 4) is 0 Å². The second-order valence-electron chi connectivity index (χ2n) is 7.89. The molecule has 16 heavy (non-hydrogen) atoms. The molecule has 3 saturated carbocycles. The van der Waals surface area contributed by atoms with Gasteiger partial charge in [0.1, 0.15) is 0 Å². The van der Waals surface area contributed by atoms with Crippen molar-refractivity contribution in [2.45, 2.75) is 71.3 Å². The van der Waals surface area contributed by atoms with E-state index in [9.17, 15) is 5.11 Å². The van der Waals surface area contributed by atoms with E-state index in [4.69, 9.17) is 0 Å². The topological polar surface area (TPSA) is 20.2 Å². The summed E-state index contributed by atoms with van der Waals surface area (Å²) in [5.74, 6) is 1.40. The highest BCUT2D eigenvalue weighted by atomic mass is 16.3. The molecule has 1 heteroatoms. The summed E-state index contributed by atoms with van der Waals surface area (Å²) in [6.07, 6.45) is 8.70. The SMILES string of the molecule is CC1(C)C[C@@H]2[C@@H]1CC[C@]1(C)CCC[C@@]2(O)C1. The Bertz CT molecular complexity index is 309.